The molecule has 2 N–H and O–H groups in total. The van der Waals surface area contributed by atoms with Crippen LogP contribution in [0.3, 0.4) is 0 Å². The lowest BCUT2D eigenvalue weighted by atomic mass is 10.1. The largest absolute Gasteiger partial charge is 0.756 e. The number of phosphoric acid groups is 1. The summed E-state index contributed by atoms with van der Waals surface area (Å²) in [5.74, 6) is -1.02. The van der Waals surface area contributed by atoms with Crippen LogP contribution in [0.1, 0.15) is 142 Å². The molecule has 0 saturated carbocycles. The van der Waals surface area contributed by atoms with E-state index in [9.17, 15) is 29.3 Å². The Morgan fingerprint density at radius 1 is 0.613 bits per heavy atom. The Morgan fingerprint density at radius 2 is 1.15 bits per heavy atom. The van der Waals surface area contributed by atoms with Crippen LogP contribution in [-0.2, 0) is 32.7 Å². The van der Waals surface area contributed by atoms with Crippen molar-refractivity contribution >= 4 is 19.8 Å². The molecule has 0 spiro atoms. The second kappa shape index (κ2) is 40.6. The van der Waals surface area contributed by atoms with Crippen molar-refractivity contribution in [3.05, 3.63) is 97.2 Å². The molecule has 0 rings (SSSR count). The number of hydrogen-bond donors (Lipinski definition) is 2. The van der Waals surface area contributed by atoms with E-state index in [1.54, 1.807) is 36.5 Å². The number of quaternary nitrogens is 1. The van der Waals surface area contributed by atoms with Crippen molar-refractivity contribution in [3.8, 4) is 0 Å². The molecule has 0 aliphatic heterocycles. The van der Waals surface area contributed by atoms with Crippen LogP contribution >= 0.6 is 7.82 Å². The molecule has 0 aliphatic rings. The number of esters is 2. The third kappa shape index (κ3) is 43.5. The highest BCUT2D eigenvalue weighted by molar-refractivity contribution is 7.45. The number of aliphatic hydroxyl groups is 2. The van der Waals surface area contributed by atoms with E-state index in [1.807, 2.05) is 64.5 Å². The summed E-state index contributed by atoms with van der Waals surface area (Å²) in [5.41, 5.74) is 0. The number of rotatable bonds is 40. The van der Waals surface area contributed by atoms with Crippen LogP contribution in [0.2, 0.25) is 0 Å². The molecule has 0 aromatic heterocycles. The number of ether oxygens (including phenoxy) is 2. The van der Waals surface area contributed by atoms with Gasteiger partial charge in [-0.2, -0.15) is 0 Å². The highest BCUT2D eigenvalue weighted by Gasteiger charge is 2.21. The normalized spacial score (nSPS) is 15.4. The van der Waals surface area contributed by atoms with E-state index in [0.29, 0.717) is 43.1 Å². The number of aliphatic hydroxyl groups excluding tert-OH is 2. The number of allylic oxidation sites excluding steroid dienone is 12. The molecular weight excluding hydrogens is 806 g/mol. The summed E-state index contributed by atoms with van der Waals surface area (Å²) in [6, 6.07) is 0. The van der Waals surface area contributed by atoms with Gasteiger partial charge in [0.1, 0.15) is 19.8 Å². The molecule has 0 radical (unpaired) electrons. The molecule has 0 saturated heterocycles. The van der Waals surface area contributed by atoms with Gasteiger partial charge in [-0.3, -0.25) is 14.2 Å². The number of carbonyl (C=O) groups excluding carboxylic acids is 2. The lowest BCUT2D eigenvalue weighted by Gasteiger charge is -2.28. The van der Waals surface area contributed by atoms with Crippen LogP contribution in [0.15, 0.2) is 97.2 Å². The van der Waals surface area contributed by atoms with Gasteiger partial charge in [0.15, 0.2) is 6.10 Å². The third-order valence-corrected chi connectivity index (χ3v) is 10.2. The number of carbonyl (C=O) groups is 2. The predicted molar refractivity (Wildman–Crippen MR) is 252 cm³/mol. The monoisotopic (exact) mass is 890 g/mol. The van der Waals surface area contributed by atoms with Crippen LogP contribution in [0, 0.1) is 0 Å². The first-order valence-corrected chi connectivity index (χ1v) is 24.6. The van der Waals surface area contributed by atoms with Crippen molar-refractivity contribution in [2.75, 3.05) is 47.5 Å². The fraction of sp³-hybridized carbons (Fsp3) is 0.640. The Morgan fingerprint density at radius 3 is 1.73 bits per heavy atom. The number of hydrogen-bond acceptors (Lipinski definition) is 10. The van der Waals surface area contributed by atoms with Gasteiger partial charge in [0.25, 0.3) is 7.82 Å². The minimum atomic E-state index is -4.68. The van der Waals surface area contributed by atoms with Crippen LogP contribution < -0.4 is 4.89 Å². The standard InChI is InChI=1S/C50H84NO10P/c1-6-8-10-11-12-13-14-15-16-17-18-19-20-21-22-26-34-40-49(54)58-44-48(45-60-62(56,57)59-43-42-51(3,4)5)61-50(55)41-35-27-24-23-25-31-37-47(53)39-33-29-28-32-38-46(52)36-30-9-7-2/h9,12-13,15-16,24-25,27-33,38-39,46-48,52-53H,6-8,10-11,14,17-23,26,34-37,40-45H2,1-5H3/b13-12-,16-15-,27-24-,29-28-,30-9-,31-25-,38-32+,39-33+/t46-,47+,48+/m0/s1. The first kappa shape index (κ1) is 58.9. The molecule has 0 aromatic rings. The zero-order valence-corrected chi connectivity index (χ0v) is 39.9. The van der Waals surface area contributed by atoms with Gasteiger partial charge >= 0.3 is 11.9 Å². The average molecular weight is 890 g/mol. The van der Waals surface area contributed by atoms with Crippen molar-refractivity contribution < 1.29 is 52.3 Å². The Balaban J connectivity index is 4.60. The van der Waals surface area contributed by atoms with Gasteiger partial charge in [0.05, 0.1) is 40.0 Å². The van der Waals surface area contributed by atoms with E-state index in [2.05, 4.69) is 31.2 Å². The zero-order valence-electron chi connectivity index (χ0n) is 39.0. The Kier molecular flexibility index (Phi) is 38.5. The summed E-state index contributed by atoms with van der Waals surface area (Å²) < 4.78 is 33.8. The SMILES string of the molecule is CC/C=C\C[C@H](O)/C=C/C=C\C=C\[C@H](O)C/C=C\C/C=C\CCC(=O)O[C@H](COC(=O)CCCCCCCCC/C=C\C/C=C\CCCCC)COP(=O)([O-])OCC[N+](C)(C)C. The fourth-order valence-corrected chi connectivity index (χ4v) is 6.32. The molecule has 62 heavy (non-hydrogen) atoms. The molecule has 0 amide bonds. The predicted octanol–water partition coefficient (Wildman–Crippen LogP) is 10.7. The zero-order chi connectivity index (χ0) is 46.0. The maximum Gasteiger partial charge on any atom is 0.306 e. The van der Waals surface area contributed by atoms with Gasteiger partial charge in [-0.15, -0.1) is 0 Å². The second-order valence-corrected chi connectivity index (χ2v) is 17.8. The van der Waals surface area contributed by atoms with E-state index in [0.717, 1.165) is 38.5 Å². The summed E-state index contributed by atoms with van der Waals surface area (Å²) in [5, 5.41) is 20.0. The van der Waals surface area contributed by atoms with Gasteiger partial charge < -0.3 is 38.1 Å². The van der Waals surface area contributed by atoms with E-state index in [1.165, 1.54) is 44.9 Å². The maximum absolute atomic E-state index is 12.7. The third-order valence-electron chi connectivity index (χ3n) is 9.27. The first-order chi connectivity index (χ1) is 29.8. The van der Waals surface area contributed by atoms with Crippen LogP contribution in [0.25, 0.3) is 0 Å². The van der Waals surface area contributed by atoms with Crippen LogP contribution in [0.5, 0.6) is 0 Å². The van der Waals surface area contributed by atoms with Gasteiger partial charge in [-0.1, -0.05) is 156 Å². The molecule has 0 heterocycles. The smallest absolute Gasteiger partial charge is 0.306 e. The molecule has 12 heteroatoms. The molecule has 354 valence electrons. The van der Waals surface area contributed by atoms with Crippen molar-refractivity contribution in [2.45, 2.75) is 161 Å². The molecule has 0 aromatic carbocycles. The van der Waals surface area contributed by atoms with E-state index in [4.69, 9.17) is 18.5 Å². The minimum absolute atomic E-state index is 0.0360. The Hall–Kier alpha value is -3.15. The molecule has 11 nitrogen and oxygen atoms in total. The van der Waals surface area contributed by atoms with Crippen molar-refractivity contribution in [3.63, 3.8) is 0 Å². The van der Waals surface area contributed by atoms with Crippen molar-refractivity contribution in [1.82, 2.24) is 0 Å². The summed E-state index contributed by atoms with van der Waals surface area (Å²) in [6.07, 6.45) is 46.5. The van der Waals surface area contributed by atoms with Gasteiger partial charge in [0, 0.05) is 12.8 Å². The molecule has 4 atom stereocenters. The summed E-state index contributed by atoms with van der Waals surface area (Å²) in [4.78, 5) is 37.6. The van der Waals surface area contributed by atoms with Crippen LogP contribution in [0.4, 0.5) is 0 Å². The number of unbranched alkanes of at least 4 members (excludes halogenated alkanes) is 10. The van der Waals surface area contributed by atoms with Crippen molar-refractivity contribution in [1.29, 1.82) is 0 Å². The number of phosphoric ester groups is 1. The second-order valence-electron chi connectivity index (χ2n) is 16.4. The van der Waals surface area contributed by atoms with Crippen LogP contribution in [-0.4, -0.2) is 92.5 Å². The molecule has 0 bridgehead atoms. The summed E-state index contributed by atoms with van der Waals surface area (Å²) in [7, 11) is 1.03. The summed E-state index contributed by atoms with van der Waals surface area (Å²) >= 11 is 0. The van der Waals surface area contributed by atoms with Crippen molar-refractivity contribution in [2.24, 2.45) is 0 Å². The van der Waals surface area contributed by atoms with E-state index < -0.39 is 44.7 Å². The lowest BCUT2D eigenvalue weighted by molar-refractivity contribution is -0.870. The molecule has 1 unspecified atom stereocenters. The number of nitrogens with zero attached hydrogens (tertiary/aromatic N) is 1. The Labute approximate surface area is 376 Å². The van der Waals surface area contributed by atoms with Gasteiger partial charge in [-0.25, -0.2) is 0 Å². The van der Waals surface area contributed by atoms with Gasteiger partial charge in [-0.05, 0) is 70.6 Å². The van der Waals surface area contributed by atoms with Gasteiger partial charge in [0.2, 0.25) is 0 Å². The highest BCUT2D eigenvalue weighted by atomic mass is 31.2. The first-order valence-electron chi connectivity index (χ1n) is 23.2. The topological polar surface area (TPSA) is 152 Å². The molecule has 0 fully saturated rings. The fourth-order valence-electron chi connectivity index (χ4n) is 5.59. The maximum atomic E-state index is 12.7. The summed E-state index contributed by atoms with van der Waals surface area (Å²) in [6.45, 7) is 3.77. The highest BCUT2D eigenvalue weighted by Crippen LogP contribution is 2.38. The molecule has 0 aliphatic carbocycles. The average Bonchev–Trinajstić information content (AvgIpc) is 3.21. The lowest BCUT2D eigenvalue weighted by Crippen LogP contribution is -2.37. The number of likely N-dealkylation sites (N-methyl/N-ethyl adjacent to an activating group) is 1. The quantitative estimate of drug-likeness (QED) is 0.0152. The van der Waals surface area contributed by atoms with E-state index >= 15 is 0 Å². The minimum Gasteiger partial charge on any atom is -0.756 e. The molecular formula is C50H84NO10P. The Bertz CT molecular complexity index is 1410. The van der Waals surface area contributed by atoms with E-state index in [-0.39, 0.29) is 26.1 Å².